The van der Waals surface area contributed by atoms with Gasteiger partial charge in [-0.3, -0.25) is 9.67 Å². The number of nitrogens with one attached hydrogen (secondary N) is 2. The molecule has 0 bridgehead atoms. The van der Waals surface area contributed by atoms with Crippen molar-refractivity contribution in [2.45, 2.75) is 46.7 Å². The van der Waals surface area contributed by atoms with Gasteiger partial charge in [0.2, 0.25) is 0 Å². The summed E-state index contributed by atoms with van der Waals surface area (Å²) in [5.74, 6) is 1.79. The summed E-state index contributed by atoms with van der Waals surface area (Å²) in [4.78, 5) is 4.67. The zero-order chi connectivity index (χ0) is 19.5. The van der Waals surface area contributed by atoms with Gasteiger partial charge in [0.1, 0.15) is 12.2 Å². The summed E-state index contributed by atoms with van der Waals surface area (Å²) in [6.07, 6.45) is 3.58. The number of aromatic nitrogens is 5. The lowest BCUT2D eigenvalue weighted by Crippen LogP contribution is -2.40. The Morgan fingerprint density at radius 3 is 2.68 bits per heavy atom. The van der Waals surface area contributed by atoms with E-state index in [4.69, 9.17) is 4.74 Å². The Hall–Kier alpha value is -1.69. The molecule has 0 aromatic carbocycles. The first-order chi connectivity index (χ1) is 13.1. The number of rotatable bonds is 11. The van der Waals surface area contributed by atoms with Gasteiger partial charge in [-0.1, -0.05) is 6.92 Å². The SMILES string of the molecule is CCc1nncn1CCNC(=NCCCn1nc(C)cc1C)NCCOC.I. The van der Waals surface area contributed by atoms with E-state index in [1.54, 1.807) is 13.4 Å². The fraction of sp³-hybridized carbons (Fsp3) is 0.667. The number of hydrogen-bond donors (Lipinski definition) is 2. The van der Waals surface area contributed by atoms with Crippen LogP contribution in [0.5, 0.6) is 0 Å². The second-order valence-corrected chi connectivity index (χ2v) is 6.37. The zero-order valence-electron chi connectivity index (χ0n) is 17.3. The summed E-state index contributed by atoms with van der Waals surface area (Å²) in [5.41, 5.74) is 2.24. The molecule has 0 saturated heterocycles. The summed E-state index contributed by atoms with van der Waals surface area (Å²) < 4.78 is 9.20. The molecule has 10 heteroatoms. The third kappa shape index (κ3) is 8.13. The molecule has 9 nitrogen and oxygen atoms in total. The lowest BCUT2D eigenvalue weighted by atomic mass is 10.4. The summed E-state index contributed by atoms with van der Waals surface area (Å²) in [6, 6.07) is 2.10. The summed E-state index contributed by atoms with van der Waals surface area (Å²) in [6.45, 7) is 10.7. The Labute approximate surface area is 184 Å². The highest BCUT2D eigenvalue weighted by Gasteiger charge is 2.03. The number of aryl methyl sites for hydroxylation is 4. The molecule has 0 amide bonds. The van der Waals surface area contributed by atoms with Gasteiger partial charge in [0.25, 0.3) is 0 Å². The Balaban J connectivity index is 0.00000392. The number of hydrogen-bond acceptors (Lipinski definition) is 5. The van der Waals surface area contributed by atoms with E-state index < -0.39 is 0 Å². The van der Waals surface area contributed by atoms with Gasteiger partial charge in [-0.05, 0) is 26.3 Å². The van der Waals surface area contributed by atoms with Crippen LogP contribution in [0.25, 0.3) is 0 Å². The van der Waals surface area contributed by atoms with E-state index >= 15 is 0 Å². The van der Waals surface area contributed by atoms with Crippen LogP contribution >= 0.6 is 24.0 Å². The summed E-state index contributed by atoms with van der Waals surface area (Å²) >= 11 is 0. The van der Waals surface area contributed by atoms with Crippen molar-refractivity contribution in [1.29, 1.82) is 0 Å². The topological polar surface area (TPSA) is 94.2 Å². The molecule has 0 aliphatic rings. The Bertz CT molecular complexity index is 712. The van der Waals surface area contributed by atoms with Crippen molar-refractivity contribution in [1.82, 2.24) is 35.2 Å². The fourth-order valence-corrected chi connectivity index (χ4v) is 2.79. The van der Waals surface area contributed by atoms with E-state index in [1.807, 2.05) is 11.6 Å². The Morgan fingerprint density at radius 2 is 2.00 bits per heavy atom. The van der Waals surface area contributed by atoms with Crippen LogP contribution in [0.15, 0.2) is 17.4 Å². The molecule has 2 heterocycles. The monoisotopic (exact) mass is 504 g/mol. The van der Waals surface area contributed by atoms with Crippen LogP contribution in [0.3, 0.4) is 0 Å². The number of nitrogens with zero attached hydrogens (tertiary/aromatic N) is 6. The number of ether oxygens (including phenoxy) is 1. The largest absolute Gasteiger partial charge is 0.383 e. The number of guanidine groups is 1. The van der Waals surface area contributed by atoms with Gasteiger partial charge in [-0.25, -0.2) is 0 Å². The molecule has 28 heavy (non-hydrogen) atoms. The highest BCUT2D eigenvalue weighted by Crippen LogP contribution is 2.02. The molecule has 2 rings (SSSR count). The molecule has 158 valence electrons. The fourth-order valence-electron chi connectivity index (χ4n) is 2.79. The molecule has 2 aromatic rings. The van der Waals surface area contributed by atoms with Gasteiger partial charge in [0.15, 0.2) is 5.96 Å². The standard InChI is InChI=1S/C18H32N8O.HI/c1-5-17-23-22-14-25(17)11-8-20-18(21-9-12-27-4)19-7-6-10-26-16(3)13-15(2)24-26;/h13-14H,5-12H2,1-4H3,(H2,19,20,21);1H. The predicted molar refractivity (Wildman–Crippen MR) is 121 cm³/mol. The Morgan fingerprint density at radius 1 is 1.21 bits per heavy atom. The predicted octanol–water partition coefficient (Wildman–Crippen LogP) is 1.54. The molecular weight excluding hydrogens is 471 g/mol. The van der Waals surface area contributed by atoms with E-state index in [1.165, 1.54) is 5.69 Å². The van der Waals surface area contributed by atoms with E-state index in [9.17, 15) is 0 Å². The second-order valence-electron chi connectivity index (χ2n) is 6.37. The van der Waals surface area contributed by atoms with Crippen LogP contribution in [-0.4, -0.2) is 63.9 Å². The lowest BCUT2D eigenvalue weighted by molar-refractivity contribution is 0.203. The van der Waals surface area contributed by atoms with E-state index in [0.29, 0.717) is 13.2 Å². The van der Waals surface area contributed by atoms with Crippen LogP contribution < -0.4 is 10.6 Å². The van der Waals surface area contributed by atoms with Gasteiger partial charge in [-0.15, -0.1) is 34.2 Å². The average molecular weight is 504 g/mol. The van der Waals surface area contributed by atoms with Gasteiger partial charge in [-0.2, -0.15) is 5.10 Å². The van der Waals surface area contributed by atoms with Crippen LogP contribution in [0, 0.1) is 13.8 Å². The third-order valence-corrected chi connectivity index (χ3v) is 4.16. The molecule has 2 N–H and O–H groups in total. The van der Waals surface area contributed by atoms with Gasteiger partial charge >= 0.3 is 0 Å². The van der Waals surface area contributed by atoms with Crippen LogP contribution in [0.2, 0.25) is 0 Å². The summed E-state index contributed by atoms with van der Waals surface area (Å²) in [5, 5.41) is 19.2. The van der Waals surface area contributed by atoms with E-state index in [-0.39, 0.29) is 24.0 Å². The average Bonchev–Trinajstić information content (AvgIpc) is 3.23. The highest BCUT2D eigenvalue weighted by atomic mass is 127. The molecule has 0 fully saturated rings. The van der Waals surface area contributed by atoms with Gasteiger partial charge in [0, 0.05) is 51.9 Å². The van der Waals surface area contributed by atoms with Crippen LogP contribution in [-0.2, 0) is 24.2 Å². The minimum atomic E-state index is 0. The second kappa shape index (κ2) is 13.5. The normalized spacial score (nSPS) is 11.4. The molecule has 0 unspecified atom stereocenters. The van der Waals surface area contributed by atoms with Crippen molar-refractivity contribution in [2.24, 2.45) is 4.99 Å². The molecule has 0 radical (unpaired) electrons. The minimum absolute atomic E-state index is 0. The van der Waals surface area contributed by atoms with Crippen molar-refractivity contribution in [3.63, 3.8) is 0 Å². The quantitative estimate of drug-likeness (QED) is 0.209. The maximum absolute atomic E-state index is 5.11. The number of methoxy groups -OCH3 is 1. The minimum Gasteiger partial charge on any atom is -0.383 e. The molecule has 0 atom stereocenters. The van der Waals surface area contributed by atoms with Crippen molar-refractivity contribution < 1.29 is 4.74 Å². The molecule has 0 saturated carbocycles. The lowest BCUT2D eigenvalue weighted by Gasteiger charge is -2.13. The first kappa shape index (κ1) is 24.3. The van der Waals surface area contributed by atoms with E-state index in [0.717, 1.165) is 56.5 Å². The maximum Gasteiger partial charge on any atom is 0.191 e. The molecule has 0 aliphatic carbocycles. The Kier molecular flexibility index (Phi) is 11.7. The molecule has 0 aliphatic heterocycles. The number of aliphatic imine (C=N–C) groups is 1. The highest BCUT2D eigenvalue weighted by molar-refractivity contribution is 14.0. The summed E-state index contributed by atoms with van der Waals surface area (Å²) in [7, 11) is 1.69. The smallest absolute Gasteiger partial charge is 0.191 e. The van der Waals surface area contributed by atoms with Gasteiger partial charge < -0.3 is 19.9 Å². The van der Waals surface area contributed by atoms with Crippen molar-refractivity contribution in [2.75, 3.05) is 33.4 Å². The van der Waals surface area contributed by atoms with Gasteiger partial charge in [0.05, 0.1) is 12.3 Å². The number of halogens is 1. The molecular formula is C18H33IN8O. The van der Waals surface area contributed by atoms with Crippen molar-refractivity contribution in [3.8, 4) is 0 Å². The van der Waals surface area contributed by atoms with Crippen molar-refractivity contribution >= 4 is 29.9 Å². The van der Waals surface area contributed by atoms with Crippen LogP contribution in [0.4, 0.5) is 0 Å². The molecule has 0 spiro atoms. The first-order valence-corrected chi connectivity index (χ1v) is 9.53. The van der Waals surface area contributed by atoms with Crippen LogP contribution in [0.1, 0.15) is 30.6 Å². The molecule has 2 aromatic heterocycles. The first-order valence-electron chi connectivity index (χ1n) is 9.53. The zero-order valence-corrected chi connectivity index (χ0v) is 19.6. The van der Waals surface area contributed by atoms with E-state index in [2.05, 4.69) is 55.4 Å². The maximum atomic E-state index is 5.11. The van der Waals surface area contributed by atoms with Crippen molar-refractivity contribution in [3.05, 3.63) is 29.6 Å². The third-order valence-electron chi connectivity index (χ3n) is 4.16.